The maximum absolute atomic E-state index is 5.80. The zero-order chi connectivity index (χ0) is 10.4. The van der Waals surface area contributed by atoms with E-state index in [2.05, 4.69) is 5.32 Å². The van der Waals surface area contributed by atoms with Gasteiger partial charge in [0.1, 0.15) is 0 Å². The van der Waals surface area contributed by atoms with Crippen LogP contribution in [0.4, 0.5) is 0 Å². The summed E-state index contributed by atoms with van der Waals surface area (Å²) in [5.74, 6) is 0. The Morgan fingerprint density at radius 2 is 1.93 bits per heavy atom. The Morgan fingerprint density at radius 3 is 2.50 bits per heavy atom. The molecule has 1 aromatic carbocycles. The van der Waals surface area contributed by atoms with Gasteiger partial charge in [-0.05, 0) is 37.6 Å². The van der Waals surface area contributed by atoms with E-state index in [1.165, 1.54) is 5.56 Å². The summed E-state index contributed by atoms with van der Waals surface area (Å²) in [4.78, 5) is 0. The van der Waals surface area contributed by atoms with Gasteiger partial charge in [-0.3, -0.25) is 0 Å². The summed E-state index contributed by atoms with van der Waals surface area (Å²) in [6.45, 7) is 3.80. The molecule has 0 fully saturated rings. The average Bonchev–Trinajstić information content (AvgIpc) is 2.15. The molecular formula is C11H15Cl2N. The normalized spacial score (nSPS) is 12.8. The number of alkyl halides is 1. The van der Waals surface area contributed by atoms with Crippen molar-refractivity contribution >= 4 is 23.2 Å². The van der Waals surface area contributed by atoms with Gasteiger partial charge in [0.25, 0.3) is 0 Å². The third-order valence-corrected chi connectivity index (χ3v) is 2.34. The van der Waals surface area contributed by atoms with E-state index in [1.807, 2.05) is 31.2 Å². The summed E-state index contributed by atoms with van der Waals surface area (Å²) in [7, 11) is 0. The summed E-state index contributed by atoms with van der Waals surface area (Å²) in [6, 6.07) is 7.93. The Bertz CT molecular complexity index is 256. The molecular weight excluding hydrogens is 217 g/mol. The van der Waals surface area contributed by atoms with Crippen molar-refractivity contribution in [3.05, 3.63) is 34.9 Å². The Kier molecular flexibility index (Phi) is 5.31. The second kappa shape index (κ2) is 6.28. The van der Waals surface area contributed by atoms with E-state index in [0.717, 1.165) is 24.5 Å². The fraction of sp³-hybridized carbons (Fsp3) is 0.455. The van der Waals surface area contributed by atoms with Gasteiger partial charge in [0.15, 0.2) is 0 Å². The first-order chi connectivity index (χ1) is 6.68. The summed E-state index contributed by atoms with van der Waals surface area (Å²) < 4.78 is 0. The van der Waals surface area contributed by atoms with Gasteiger partial charge >= 0.3 is 0 Å². The van der Waals surface area contributed by atoms with Crippen LogP contribution in [0, 0.1) is 0 Å². The molecule has 0 aliphatic carbocycles. The largest absolute Gasteiger partial charge is 0.315 e. The van der Waals surface area contributed by atoms with Gasteiger partial charge in [-0.25, -0.2) is 0 Å². The van der Waals surface area contributed by atoms with Crippen molar-refractivity contribution < 1.29 is 0 Å². The minimum atomic E-state index is 0.195. The van der Waals surface area contributed by atoms with E-state index in [4.69, 9.17) is 23.2 Å². The zero-order valence-electron chi connectivity index (χ0n) is 8.26. The highest BCUT2D eigenvalue weighted by atomic mass is 35.5. The van der Waals surface area contributed by atoms with Crippen LogP contribution in [-0.2, 0) is 6.42 Å². The summed E-state index contributed by atoms with van der Waals surface area (Å²) in [5.41, 5.74) is 1.30. The number of nitrogens with one attached hydrogen (secondary N) is 1. The maximum Gasteiger partial charge on any atom is 0.0432 e. The van der Waals surface area contributed by atoms with Crippen molar-refractivity contribution in [1.29, 1.82) is 0 Å². The molecule has 0 amide bonds. The number of benzene rings is 1. The first-order valence-electron chi connectivity index (χ1n) is 4.77. The fourth-order valence-electron chi connectivity index (χ4n) is 1.18. The molecule has 1 atom stereocenters. The molecule has 3 heteroatoms. The summed E-state index contributed by atoms with van der Waals surface area (Å²) >= 11 is 11.6. The van der Waals surface area contributed by atoms with Crippen LogP contribution in [0.3, 0.4) is 0 Å². The minimum absolute atomic E-state index is 0.195. The van der Waals surface area contributed by atoms with Crippen LogP contribution in [0.25, 0.3) is 0 Å². The van der Waals surface area contributed by atoms with Crippen molar-refractivity contribution in [1.82, 2.24) is 5.32 Å². The minimum Gasteiger partial charge on any atom is -0.315 e. The molecule has 0 unspecified atom stereocenters. The first-order valence-corrected chi connectivity index (χ1v) is 5.59. The molecule has 0 heterocycles. The first kappa shape index (κ1) is 11.8. The second-order valence-electron chi connectivity index (χ2n) is 3.36. The lowest BCUT2D eigenvalue weighted by molar-refractivity contribution is 0.675. The molecule has 1 aromatic rings. The van der Waals surface area contributed by atoms with E-state index >= 15 is 0 Å². The highest BCUT2D eigenvalue weighted by molar-refractivity contribution is 6.30. The molecule has 0 aliphatic heterocycles. The van der Waals surface area contributed by atoms with Crippen LogP contribution in [0.2, 0.25) is 5.02 Å². The highest BCUT2D eigenvalue weighted by Crippen LogP contribution is 2.09. The van der Waals surface area contributed by atoms with Crippen molar-refractivity contribution in [2.24, 2.45) is 0 Å². The lowest BCUT2D eigenvalue weighted by Gasteiger charge is -2.05. The molecule has 14 heavy (non-hydrogen) atoms. The molecule has 1 N–H and O–H groups in total. The Labute approximate surface area is 95.4 Å². The van der Waals surface area contributed by atoms with Gasteiger partial charge < -0.3 is 5.32 Å². The molecule has 1 nitrogen and oxygen atoms in total. The molecule has 0 saturated carbocycles. The highest BCUT2D eigenvalue weighted by Gasteiger charge is 1.96. The predicted octanol–water partition coefficient (Wildman–Crippen LogP) is 3.10. The van der Waals surface area contributed by atoms with Crippen molar-refractivity contribution in [3.63, 3.8) is 0 Å². The number of rotatable bonds is 5. The third-order valence-electron chi connectivity index (χ3n) is 1.93. The molecule has 0 radical (unpaired) electrons. The molecule has 0 bridgehead atoms. The van der Waals surface area contributed by atoms with Crippen molar-refractivity contribution in [2.75, 3.05) is 13.1 Å². The van der Waals surface area contributed by atoms with Crippen LogP contribution >= 0.6 is 23.2 Å². The SMILES string of the molecule is C[C@@H](Cl)CNCCc1ccc(Cl)cc1. The molecule has 0 aromatic heterocycles. The molecule has 0 saturated heterocycles. The van der Waals surface area contributed by atoms with Crippen LogP contribution < -0.4 is 5.32 Å². The van der Waals surface area contributed by atoms with Crippen molar-refractivity contribution in [3.8, 4) is 0 Å². The number of hydrogen-bond acceptors (Lipinski definition) is 1. The van der Waals surface area contributed by atoms with Crippen molar-refractivity contribution in [2.45, 2.75) is 18.7 Å². The lowest BCUT2D eigenvalue weighted by Crippen LogP contribution is -2.23. The Balaban J connectivity index is 2.21. The zero-order valence-corrected chi connectivity index (χ0v) is 9.78. The maximum atomic E-state index is 5.80. The third kappa shape index (κ3) is 4.85. The smallest absolute Gasteiger partial charge is 0.0432 e. The van der Waals surface area contributed by atoms with E-state index in [9.17, 15) is 0 Å². The van der Waals surface area contributed by atoms with Crippen LogP contribution in [0.5, 0.6) is 0 Å². The monoisotopic (exact) mass is 231 g/mol. The van der Waals surface area contributed by atoms with Gasteiger partial charge in [0.05, 0.1) is 0 Å². The Hall–Kier alpha value is -0.240. The fourth-order valence-corrected chi connectivity index (χ4v) is 1.42. The molecule has 0 aliphatic rings. The quantitative estimate of drug-likeness (QED) is 0.607. The van der Waals surface area contributed by atoms with Gasteiger partial charge in [-0.1, -0.05) is 23.7 Å². The van der Waals surface area contributed by atoms with Gasteiger partial charge in [0.2, 0.25) is 0 Å². The topological polar surface area (TPSA) is 12.0 Å². The van der Waals surface area contributed by atoms with Crippen LogP contribution in [-0.4, -0.2) is 18.5 Å². The standard InChI is InChI=1S/C11H15Cl2N/c1-9(12)8-14-7-6-10-2-4-11(13)5-3-10/h2-5,9,14H,6-8H2,1H3/t9-/m1/s1. The lowest BCUT2D eigenvalue weighted by atomic mass is 10.1. The molecule has 1 rings (SSSR count). The average molecular weight is 232 g/mol. The van der Waals surface area contributed by atoms with Crippen LogP contribution in [0.15, 0.2) is 24.3 Å². The summed E-state index contributed by atoms with van der Waals surface area (Å²) in [6.07, 6.45) is 1.01. The van der Waals surface area contributed by atoms with Gasteiger partial charge in [0, 0.05) is 16.9 Å². The second-order valence-corrected chi connectivity index (χ2v) is 4.54. The van der Waals surface area contributed by atoms with E-state index in [-0.39, 0.29) is 5.38 Å². The van der Waals surface area contributed by atoms with Gasteiger partial charge in [-0.15, -0.1) is 11.6 Å². The van der Waals surface area contributed by atoms with E-state index < -0.39 is 0 Å². The van der Waals surface area contributed by atoms with Gasteiger partial charge in [-0.2, -0.15) is 0 Å². The predicted molar refractivity (Wildman–Crippen MR) is 63.3 cm³/mol. The number of hydrogen-bond donors (Lipinski definition) is 1. The molecule has 78 valence electrons. The van der Waals surface area contributed by atoms with Crippen LogP contribution in [0.1, 0.15) is 12.5 Å². The van der Waals surface area contributed by atoms with E-state index in [0.29, 0.717) is 0 Å². The van der Waals surface area contributed by atoms with E-state index in [1.54, 1.807) is 0 Å². The summed E-state index contributed by atoms with van der Waals surface area (Å²) in [5, 5.41) is 4.27. The molecule has 0 spiro atoms. The number of halogens is 2. The Morgan fingerprint density at radius 1 is 1.29 bits per heavy atom.